The summed E-state index contributed by atoms with van der Waals surface area (Å²) < 4.78 is 5.32. The minimum absolute atomic E-state index is 0.834. The van der Waals surface area contributed by atoms with Gasteiger partial charge in [0.2, 0.25) is 0 Å². The molecule has 0 aliphatic carbocycles. The van der Waals surface area contributed by atoms with Gasteiger partial charge in [-0.3, -0.25) is 0 Å². The summed E-state index contributed by atoms with van der Waals surface area (Å²) in [5, 5.41) is 7.81. The molecule has 0 bridgehead atoms. The van der Waals surface area contributed by atoms with E-state index < -0.39 is 0 Å². The molecular formula is C49H33NS2. The second-order valence-corrected chi connectivity index (χ2v) is 15.5. The fraction of sp³-hybridized carbons (Fsp3) is 0.0204. The minimum Gasteiger partial charge on any atom is -0.310 e. The van der Waals surface area contributed by atoms with Gasteiger partial charge in [-0.1, -0.05) is 127 Å². The molecule has 0 spiro atoms. The quantitative estimate of drug-likeness (QED) is 0.150. The summed E-state index contributed by atoms with van der Waals surface area (Å²) in [6.07, 6.45) is 3.22. The van der Waals surface area contributed by atoms with E-state index in [4.69, 9.17) is 0 Å². The Bertz CT molecular complexity index is 2880. The fourth-order valence-electron chi connectivity index (χ4n) is 7.65. The number of thiophene rings is 2. The molecule has 0 aliphatic heterocycles. The van der Waals surface area contributed by atoms with Crippen LogP contribution in [0.1, 0.15) is 16.7 Å². The number of nitrogens with zero attached hydrogens (tertiary/aromatic N) is 1. The highest BCUT2D eigenvalue weighted by Gasteiger charge is 2.19. The van der Waals surface area contributed by atoms with Crippen molar-refractivity contribution in [2.45, 2.75) is 6.42 Å². The molecule has 2 heterocycles. The Balaban J connectivity index is 1.13. The van der Waals surface area contributed by atoms with Gasteiger partial charge in [-0.2, -0.15) is 0 Å². The van der Waals surface area contributed by atoms with Crippen molar-refractivity contribution in [1.82, 2.24) is 0 Å². The van der Waals surface area contributed by atoms with E-state index in [1.165, 1.54) is 79.1 Å². The molecule has 0 saturated heterocycles. The first-order valence-corrected chi connectivity index (χ1v) is 19.3. The molecular weight excluding hydrogens is 667 g/mol. The molecule has 10 rings (SSSR count). The van der Waals surface area contributed by atoms with Gasteiger partial charge < -0.3 is 4.90 Å². The predicted molar refractivity (Wildman–Crippen MR) is 229 cm³/mol. The summed E-state index contributed by atoms with van der Waals surface area (Å²) in [7, 11) is 0. The highest BCUT2D eigenvalue weighted by molar-refractivity contribution is 7.26. The summed E-state index contributed by atoms with van der Waals surface area (Å²) >= 11 is 3.77. The van der Waals surface area contributed by atoms with Gasteiger partial charge in [0, 0.05) is 62.5 Å². The van der Waals surface area contributed by atoms with Gasteiger partial charge in [0.25, 0.3) is 0 Å². The molecule has 52 heavy (non-hydrogen) atoms. The lowest BCUT2D eigenvalue weighted by atomic mass is 9.94. The van der Waals surface area contributed by atoms with Crippen molar-refractivity contribution in [3.8, 4) is 0 Å². The zero-order chi connectivity index (χ0) is 34.4. The van der Waals surface area contributed by atoms with Crippen LogP contribution in [-0.2, 0) is 6.42 Å². The van der Waals surface area contributed by atoms with Crippen LogP contribution in [0.25, 0.3) is 62.8 Å². The lowest BCUT2D eigenvalue weighted by Crippen LogP contribution is -2.10. The van der Waals surface area contributed by atoms with Crippen LogP contribution in [0.4, 0.5) is 17.1 Å². The molecule has 0 radical (unpaired) electrons. The highest BCUT2D eigenvalue weighted by Crippen LogP contribution is 2.46. The molecule has 2 aromatic heterocycles. The number of allylic oxidation sites excluding steroid dienone is 1. The maximum Gasteiger partial charge on any atom is 0.0547 e. The van der Waals surface area contributed by atoms with Gasteiger partial charge in [-0.15, -0.1) is 22.7 Å². The van der Waals surface area contributed by atoms with E-state index >= 15 is 0 Å². The summed E-state index contributed by atoms with van der Waals surface area (Å²) in [5.41, 5.74) is 8.57. The van der Waals surface area contributed by atoms with Crippen LogP contribution in [0.3, 0.4) is 0 Å². The molecule has 10 aromatic rings. The van der Waals surface area contributed by atoms with Crippen LogP contribution in [0.2, 0.25) is 0 Å². The molecule has 0 N–H and O–H groups in total. The number of rotatable bonds is 7. The maximum absolute atomic E-state index is 2.44. The molecule has 0 fully saturated rings. The molecule has 0 amide bonds. The molecule has 0 saturated carbocycles. The molecule has 1 nitrogen and oxygen atoms in total. The van der Waals surface area contributed by atoms with E-state index in [9.17, 15) is 0 Å². The molecule has 8 aromatic carbocycles. The predicted octanol–water partition coefficient (Wildman–Crippen LogP) is 14.8. The smallest absolute Gasteiger partial charge is 0.0547 e. The number of hydrogen-bond donors (Lipinski definition) is 0. The molecule has 0 aliphatic rings. The van der Waals surface area contributed by atoms with E-state index in [1.807, 2.05) is 22.7 Å². The van der Waals surface area contributed by atoms with Gasteiger partial charge in [0.05, 0.1) is 5.69 Å². The van der Waals surface area contributed by atoms with E-state index in [1.54, 1.807) is 0 Å². The first kappa shape index (κ1) is 30.8. The Morgan fingerprint density at radius 3 is 1.77 bits per heavy atom. The standard InChI is InChI=1S/C49H33NS2/c1-4-14-35(15-5-1)36(28-33-24-26-47-42(30-33)40-21-12-13-23-46(40)51-47)29-34-25-27-48-43(31-34)44-32-45(39-20-10-11-22-41(39)49(44)52-48)50(37-16-6-2-7-17-37)38-18-8-3-9-19-38/h1-28,30-32H,29H2/b36-28-. The van der Waals surface area contributed by atoms with Gasteiger partial charge in [-0.05, 0) is 89.3 Å². The monoisotopic (exact) mass is 699 g/mol. The zero-order valence-corrected chi connectivity index (χ0v) is 30.0. The Labute approximate surface area is 311 Å². The van der Waals surface area contributed by atoms with Crippen LogP contribution in [-0.4, -0.2) is 0 Å². The highest BCUT2D eigenvalue weighted by atomic mass is 32.1. The normalized spacial score (nSPS) is 12.0. The average Bonchev–Trinajstić information content (AvgIpc) is 3.77. The zero-order valence-electron chi connectivity index (χ0n) is 28.4. The van der Waals surface area contributed by atoms with Crippen molar-refractivity contribution in [1.29, 1.82) is 0 Å². The third-order valence-electron chi connectivity index (χ3n) is 10.1. The van der Waals surface area contributed by atoms with Crippen LogP contribution in [0, 0.1) is 0 Å². The Kier molecular flexibility index (Phi) is 7.67. The number of anilines is 3. The Hall–Kier alpha value is -6.00. The topological polar surface area (TPSA) is 3.24 Å². The number of para-hydroxylation sites is 2. The lowest BCUT2D eigenvalue weighted by Gasteiger charge is -2.27. The number of hydrogen-bond acceptors (Lipinski definition) is 3. The average molecular weight is 700 g/mol. The Morgan fingerprint density at radius 2 is 1.02 bits per heavy atom. The van der Waals surface area contributed by atoms with Crippen molar-refractivity contribution >= 4 is 103 Å². The molecule has 3 heteroatoms. The van der Waals surface area contributed by atoms with Crippen LogP contribution < -0.4 is 4.90 Å². The maximum atomic E-state index is 2.44. The molecule has 246 valence electrons. The van der Waals surface area contributed by atoms with Crippen LogP contribution in [0.5, 0.6) is 0 Å². The fourth-order valence-corrected chi connectivity index (χ4v) is 9.93. The van der Waals surface area contributed by atoms with Crippen molar-refractivity contribution in [3.05, 3.63) is 199 Å². The molecule has 0 unspecified atom stereocenters. The largest absolute Gasteiger partial charge is 0.310 e. The molecule has 0 atom stereocenters. The van der Waals surface area contributed by atoms with E-state index in [0.717, 1.165) is 17.8 Å². The summed E-state index contributed by atoms with van der Waals surface area (Å²) in [6, 6.07) is 66.4. The van der Waals surface area contributed by atoms with E-state index in [0.29, 0.717) is 0 Å². The summed E-state index contributed by atoms with van der Waals surface area (Å²) in [4.78, 5) is 2.40. The second-order valence-electron chi connectivity index (χ2n) is 13.3. The second kappa shape index (κ2) is 13.0. The van der Waals surface area contributed by atoms with Crippen molar-refractivity contribution < 1.29 is 0 Å². The first-order chi connectivity index (χ1) is 25.8. The van der Waals surface area contributed by atoms with Gasteiger partial charge in [-0.25, -0.2) is 0 Å². The van der Waals surface area contributed by atoms with E-state index in [2.05, 4.69) is 193 Å². The third-order valence-corrected chi connectivity index (χ3v) is 12.4. The number of fused-ring (bicyclic) bond motifs is 8. The van der Waals surface area contributed by atoms with E-state index in [-0.39, 0.29) is 0 Å². The minimum atomic E-state index is 0.834. The number of benzene rings is 8. The SMILES string of the molecule is C(=C(\Cc1ccc2sc3c4ccccc4c(N(c4ccccc4)c4ccccc4)cc3c2c1)c1ccccc1)/c1ccc2sc3ccccc3c2c1. The lowest BCUT2D eigenvalue weighted by molar-refractivity contribution is 1.30. The van der Waals surface area contributed by atoms with Gasteiger partial charge in [0.15, 0.2) is 0 Å². The summed E-state index contributed by atoms with van der Waals surface area (Å²) in [6.45, 7) is 0. The third kappa shape index (κ3) is 5.47. The van der Waals surface area contributed by atoms with Gasteiger partial charge >= 0.3 is 0 Å². The van der Waals surface area contributed by atoms with Crippen molar-refractivity contribution in [2.24, 2.45) is 0 Å². The van der Waals surface area contributed by atoms with Crippen LogP contribution >= 0.6 is 22.7 Å². The van der Waals surface area contributed by atoms with Gasteiger partial charge in [0.1, 0.15) is 0 Å². The van der Waals surface area contributed by atoms with Crippen molar-refractivity contribution in [3.63, 3.8) is 0 Å². The first-order valence-electron chi connectivity index (χ1n) is 17.7. The summed E-state index contributed by atoms with van der Waals surface area (Å²) in [5.74, 6) is 0. The van der Waals surface area contributed by atoms with Crippen LogP contribution in [0.15, 0.2) is 182 Å². The Morgan fingerprint density at radius 1 is 0.442 bits per heavy atom. The van der Waals surface area contributed by atoms with Crippen molar-refractivity contribution in [2.75, 3.05) is 4.90 Å².